The summed E-state index contributed by atoms with van der Waals surface area (Å²) in [6, 6.07) is -0.130. The molecular formula is C11H21N3O. The topological polar surface area (TPSA) is 53.5 Å². The molecule has 1 atom stereocenters. The number of hydrogen-bond acceptors (Lipinski definition) is 4. The van der Waals surface area contributed by atoms with Crippen molar-refractivity contribution in [3.8, 4) is 0 Å². The minimum atomic E-state index is -0.130. The number of guanidine groups is 1. The number of carbonyl (C=O) groups excluding carboxylic acids is 1. The van der Waals surface area contributed by atoms with Crippen LogP contribution in [-0.4, -0.2) is 30.9 Å². The van der Waals surface area contributed by atoms with Gasteiger partial charge in [-0.3, -0.25) is 9.79 Å². The molecule has 0 saturated carbocycles. The Kier molecular flexibility index (Phi) is 4.12. The molecule has 0 aromatic rings. The largest absolute Gasteiger partial charge is 0.355 e. The van der Waals surface area contributed by atoms with E-state index in [0.717, 1.165) is 19.0 Å². The molecule has 86 valence electrons. The number of rotatable bonds is 4. The van der Waals surface area contributed by atoms with Gasteiger partial charge in [-0.2, -0.15) is 0 Å². The van der Waals surface area contributed by atoms with Crippen LogP contribution in [0.3, 0.4) is 0 Å². The van der Waals surface area contributed by atoms with E-state index in [1.807, 2.05) is 27.7 Å². The van der Waals surface area contributed by atoms with E-state index in [1.54, 1.807) is 0 Å². The molecule has 0 aromatic heterocycles. The van der Waals surface area contributed by atoms with Crippen molar-refractivity contribution in [3.05, 3.63) is 0 Å². The zero-order valence-electron chi connectivity index (χ0n) is 10.0. The standard InChI is InChI=1S/C11H21N3O/c1-7(2)9(10(15)8(3)4)14-11-12-5-6-13-11/h7-9H,5-6H2,1-4H3,(H2,12,13,14)/t9-/m1/s1. The van der Waals surface area contributed by atoms with Gasteiger partial charge in [0.05, 0.1) is 12.6 Å². The van der Waals surface area contributed by atoms with E-state index in [-0.39, 0.29) is 23.7 Å². The Bertz CT molecular complexity index is 259. The van der Waals surface area contributed by atoms with E-state index in [9.17, 15) is 4.79 Å². The van der Waals surface area contributed by atoms with Gasteiger partial charge in [0.15, 0.2) is 11.7 Å². The van der Waals surface area contributed by atoms with E-state index in [2.05, 4.69) is 15.6 Å². The summed E-state index contributed by atoms with van der Waals surface area (Å²) >= 11 is 0. The first kappa shape index (κ1) is 12.0. The fourth-order valence-corrected chi connectivity index (χ4v) is 1.57. The molecule has 0 spiro atoms. The molecule has 0 bridgehead atoms. The Morgan fingerprint density at radius 2 is 2.07 bits per heavy atom. The van der Waals surface area contributed by atoms with E-state index in [0.29, 0.717) is 0 Å². The van der Waals surface area contributed by atoms with Gasteiger partial charge < -0.3 is 10.6 Å². The lowest BCUT2D eigenvalue weighted by molar-refractivity contribution is -0.124. The Morgan fingerprint density at radius 3 is 2.47 bits per heavy atom. The first-order valence-corrected chi connectivity index (χ1v) is 5.61. The van der Waals surface area contributed by atoms with Gasteiger partial charge in [-0.25, -0.2) is 0 Å². The van der Waals surface area contributed by atoms with Crippen LogP contribution < -0.4 is 10.6 Å². The van der Waals surface area contributed by atoms with Gasteiger partial charge in [0.1, 0.15) is 0 Å². The Labute approximate surface area is 91.5 Å². The molecule has 1 heterocycles. The average molecular weight is 211 g/mol. The number of Topliss-reactive ketones (excluding diaryl/α,β-unsaturated/α-hetero) is 1. The number of aliphatic imine (C=N–C) groups is 1. The maximum absolute atomic E-state index is 11.9. The number of hydrogen-bond donors (Lipinski definition) is 2. The second-order valence-corrected chi connectivity index (χ2v) is 4.58. The summed E-state index contributed by atoms with van der Waals surface area (Å²) in [5.74, 6) is 1.36. The van der Waals surface area contributed by atoms with Gasteiger partial charge in [0.2, 0.25) is 0 Å². The summed E-state index contributed by atoms with van der Waals surface area (Å²) in [6.45, 7) is 9.62. The van der Waals surface area contributed by atoms with Crippen LogP contribution in [-0.2, 0) is 4.79 Å². The van der Waals surface area contributed by atoms with Gasteiger partial charge in [-0.1, -0.05) is 27.7 Å². The Hall–Kier alpha value is -1.06. The van der Waals surface area contributed by atoms with Crippen LogP contribution in [0.1, 0.15) is 27.7 Å². The molecule has 2 N–H and O–H groups in total. The number of carbonyl (C=O) groups is 1. The maximum Gasteiger partial charge on any atom is 0.191 e. The SMILES string of the molecule is CC(C)C(=O)[C@H](NC1=NCCN1)C(C)C. The predicted octanol–water partition coefficient (Wildman–Crippen LogP) is 0.785. The molecule has 1 aliphatic heterocycles. The van der Waals surface area contributed by atoms with Gasteiger partial charge in [0, 0.05) is 12.5 Å². The van der Waals surface area contributed by atoms with Crippen molar-refractivity contribution < 1.29 is 4.79 Å². The number of nitrogens with zero attached hydrogens (tertiary/aromatic N) is 1. The highest BCUT2D eigenvalue weighted by molar-refractivity contribution is 5.91. The van der Waals surface area contributed by atoms with E-state index >= 15 is 0 Å². The quantitative estimate of drug-likeness (QED) is 0.722. The number of ketones is 1. The molecule has 4 nitrogen and oxygen atoms in total. The molecule has 0 amide bonds. The van der Waals surface area contributed by atoms with Crippen LogP contribution in [0.15, 0.2) is 4.99 Å². The monoisotopic (exact) mass is 211 g/mol. The van der Waals surface area contributed by atoms with E-state index in [4.69, 9.17) is 0 Å². The van der Waals surface area contributed by atoms with Crippen LogP contribution >= 0.6 is 0 Å². The molecule has 0 fully saturated rings. The van der Waals surface area contributed by atoms with Gasteiger partial charge in [-0.15, -0.1) is 0 Å². The molecular weight excluding hydrogens is 190 g/mol. The highest BCUT2D eigenvalue weighted by Crippen LogP contribution is 2.09. The fraction of sp³-hybridized carbons (Fsp3) is 0.818. The molecule has 0 aliphatic carbocycles. The van der Waals surface area contributed by atoms with E-state index in [1.165, 1.54) is 0 Å². The van der Waals surface area contributed by atoms with Crippen molar-refractivity contribution >= 4 is 11.7 Å². The molecule has 0 radical (unpaired) electrons. The molecule has 1 aliphatic rings. The summed E-state index contributed by atoms with van der Waals surface area (Å²) in [4.78, 5) is 16.2. The third-order valence-electron chi connectivity index (χ3n) is 2.51. The highest BCUT2D eigenvalue weighted by Gasteiger charge is 2.25. The summed E-state index contributed by atoms with van der Waals surface area (Å²) in [5.41, 5.74) is 0. The fourth-order valence-electron chi connectivity index (χ4n) is 1.57. The highest BCUT2D eigenvalue weighted by atomic mass is 16.1. The van der Waals surface area contributed by atoms with Gasteiger partial charge >= 0.3 is 0 Å². The summed E-state index contributed by atoms with van der Waals surface area (Å²) in [7, 11) is 0. The lowest BCUT2D eigenvalue weighted by atomic mass is 9.93. The summed E-state index contributed by atoms with van der Waals surface area (Å²) < 4.78 is 0. The molecule has 0 saturated heterocycles. The third kappa shape index (κ3) is 3.22. The maximum atomic E-state index is 11.9. The van der Waals surface area contributed by atoms with Crippen molar-refractivity contribution in [2.45, 2.75) is 33.7 Å². The summed E-state index contributed by atoms with van der Waals surface area (Å²) in [5, 5.41) is 6.31. The van der Waals surface area contributed by atoms with Crippen molar-refractivity contribution in [3.63, 3.8) is 0 Å². The zero-order valence-corrected chi connectivity index (χ0v) is 10.0. The van der Waals surface area contributed by atoms with Crippen LogP contribution in [0.2, 0.25) is 0 Å². The lowest BCUT2D eigenvalue weighted by Gasteiger charge is -2.23. The molecule has 0 aromatic carbocycles. The smallest absolute Gasteiger partial charge is 0.191 e. The van der Waals surface area contributed by atoms with Gasteiger partial charge in [0.25, 0.3) is 0 Å². The first-order valence-electron chi connectivity index (χ1n) is 5.61. The van der Waals surface area contributed by atoms with Crippen molar-refractivity contribution in [1.82, 2.24) is 10.6 Å². The van der Waals surface area contributed by atoms with Gasteiger partial charge in [-0.05, 0) is 5.92 Å². The van der Waals surface area contributed by atoms with Crippen molar-refractivity contribution in [2.75, 3.05) is 13.1 Å². The Balaban J connectivity index is 2.61. The minimum Gasteiger partial charge on any atom is -0.355 e. The molecule has 15 heavy (non-hydrogen) atoms. The molecule has 1 rings (SSSR count). The Morgan fingerprint density at radius 1 is 1.40 bits per heavy atom. The minimum absolute atomic E-state index is 0.0619. The van der Waals surface area contributed by atoms with Crippen molar-refractivity contribution in [2.24, 2.45) is 16.8 Å². The predicted molar refractivity (Wildman–Crippen MR) is 61.9 cm³/mol. The summed E-state index contributed by atoms with van der Waals surface area (Å²) in [6.07, 6.45) is 0. The number of nitrogens with one attached hydrogen (secondary N) is 2. The van der Waals surface area contributed by atoms with Crippen LogP contribution in [0, 0.1) is 11.8 Å². The zero-order chi connectivity index (χ0) is 11.4. The first-order chi connectivity index (χ1) is 7.02. The van der Waals surface area contributed by atoms with Crippen LogP contribution in [0.4, 0.5) is 0 Å². The lowest BCUT2D eigenvalue weighted by Crippen LogP contribution is -2.49. The molecule has 4 heteroatoms. The van der Waals surface area contributed by atoms with Crippen molar-refractivity contribution in [1.29, 1.82) is 0 Å². The van der Waals surface area contributed by atoms with Crippen LogP contribution in [0.5, 0.6) is 0 Å². The second kappa shape index (κ2) is 5.14. The third-order valence-corrected chi connectivity index (χ3v) is 2.51. The molecule has 0 unspecified atom stereocenters. The normalized spacial score (nSPS) is 17.6. The van der Waals surface area contributed by atoms with Crippen LogP contribution in [0.25, 0.3) is 0 Å². The second-order valence-electron chi connectivity index (χ2n) is 4.58. The van der Waals surface area contributed by atoms with E-state index < -0.39 is 0 Å². The average Bonchev–Trinajstić information content (AvgIpc) is 2.64.